The molecule has 0 aliphatic carbocycles. The Morgan fingerprint density at radius 3 is 2.23 bits per heavy atom. The number of nitrogens with zero attached hydrogens (tertiary/aromatic N) is 2. The Labute approximate surface area is 131 Å². The molecule has 1 aliphatic heterocycles. The molecule has 0 radical (unpaired) electrons. The highest BCUT2D eigenvalue weighted by molar-refractivity contribution is 7.89. The number of nitrogens with one attached hydrogen (secondary N) is 1. The minimum Gasteiger partial charge on any atom is -0.450 e. The van der Waals surface area contributed by atoms with Crippen molar-refractivity contribution in [2.75, 3.05) is 45.1 Å². The summed E-state index contributed by atoms with van der Waals surface area (Å²) < 4.78 is 30.5. The molecule has 8 nitrogen and oxygen atoms in total. The normalized spacial score (nSPS) is 15.7. The van der Waals surface area contributed by atoms with Crippen LogP contribution in [0.4, 0.5) is 4.79 Å². The fourth-order valence-corrected chi connectivity index (χ4v) is 3.20. The van der Waals surface area contributed by atoms with Crippen LogP contribution in [0.1, 0.15) is 26.7 Å². The van der Waals surface area contributed by atoms with E-state index < -0.39 is 10.0 Å². The van der Waals surface area contributed by atoms with Crippen LogP contribution in [-0.2, 0) is 19.6 Å². The topological polar surface area (TPSA) is 96.0 Å². The van der Waals surface area contributed by atoms with Gasteiger partial charge in [-0.05, 0) is 13.3 Å². The van der Waals surface area contributed by atoms with Crippen molar-refractivity contribution in [3.63, 3.8) is 0 Å². The summed E-state index contributed by atoms with van der Waals surface area (Å²) in [4.78, 5) is 26.6. The number of carbonyl (C=O) groups is 2. The quantitative estimate of drug-likeness (QED) is 0.707. The lowest BCUT2D eigenvalue weighted by Crippen LogP contribution is -2.52. The van der Waals surface area contributed by atoms with Gasteiger partial charge in [0.05, 0.1) is 18.9 Å². The van der Waals surface area contributed by atoms with Gasteiger partial charge in [0.15, 0.2) is 0 Å². The van der Waals surface area contributed by atoms with Crippen LogP contribution >= 0.6 is 0 Å². The van der Waals surface area contributed by atoms with E-state index in [1.807, 2.05) is 6.92 Å². The summed E-state index contributed by atoms with van der Waals surface area (Å²) in [6.45, 7) is 5.29. The molecule has 0 spiro atoms. The monoisotopic (exact) mass is 335 g/mol. The highest BCUT2D eigenvalue weighted by Gasteiger charge is 2.25. The van der Waals surface area contributed by atoms with Gasteiger partial charge < -0.3 is 14.5 Å². The molecule has 128 valence electrons. The van der Waals surface area contributed by atoms with Gasteiger partial charge in [-0.1, -0.05) is 13.3 Å². The van der Waals surface area contributed by atoms with E-state index in [9.17, 15) is 18.0 Å². The van der Waals surface area contributed by atoms with Crippen LogP contribution in [0.3, 0.4) is 0 Å². The summed E-state index contributed by atoms with van der Waals surface area (Å²) >= 11 is 0. The zero-order chi connectivity index (χ0) is 16.6. The lowest BCUT2D eigenvalue weighted by molar-refractivity contribution is -0.131. The number of hydrogen-bond acceptors (Lipinski definition) is 5. The van der Waals surface area contributed by atoms with E-state index in [4.69, 9.17) is 4.74 Å². The first kappa shape index (κ1) is 18.7. The fraction of sp³-hybridized carbons (Fsp3) is 0.846. The Kier molecular flexibility index (Phi) is 7.60. The van der Waals surface area contributed by atoms with Gasteiger partial charge in [-0.2, -0.15) is 0 Å². The number of amides is 2. The predicted molar refractivity (Wildman–Crippen MR) is 81.9 cm³/mol. The maximum Gasteiger partial charge on any atom is 0.409 e. The van der Waals surface area contributed by atoms with E-state index in [0.717, 1.165) is 6.42 Å². The number of unbranched alkanes of at least 4 members (excludes halogenated alkanes) is 1. The third-order valence-corrected chi connectivity index (χ3v) is 4.78. The third-order valence-electron chi connectivity index (χ3n) is 3.37. The maximum absolute atomic E-state index is 12.0. The molecule has 0 bridgehead atoms. The second-order valence-electron chi connectivity index (χ2n) is 5.06. The predicted octanol–water partition coefficient (Wildman–Crippen LogP) is 0.00660. The zero-order valence-electron chi connectivity index (χ0n) is 13.2. The van der Waals surface area contributed by atoms with E-state index >= 15 is 0 Å². The van der Waals surface area contributed by atoms with Crippen molar-refractivity contribution >= 4 is 22.0 Å². The van der Waals surface area contributed by atoms with Crippen molar-refractivity contribution in [1.29, 1.82) is 0 Å². The van der Waals surface area contributed by atoms with E-state index in [2.05, 4.69) is 4.72 Å². The number of hydrogen-bond donors (Lipinski definition) is 1. The van der Waals surface area contributed by atoms with E-state index in [0.29, 0.717) is 39.2 Å². The number of carbonyl (C=O) groups excluding carboxylic acids is 2. The Hall–Kier alpha value is -1.35. The van der Waals surface area contributed by atoms with Gasteiger partial charge in [-0.15, -0.1) is 0 Å². The summed E-state index contributed by atoms with van der Waals surface area (Å²) in [5.41, 5.74) is 0. The summed E-state index contributed by atoms with van der Waals surface area (Å²) in [6.07, 6.45) is 0.974. The van der Waals surface area contributed by atoms with Crippen molar-refractivity contribution in [2.24, 2.45) is 0 Å². The average molecular weight is 335 g/mol. The molecule has 2 amide bonds. The number of ether oxygens (including phenoxy) is 1. The SMILES string of the molecule is CCCCS(=O)(=O)NCC(=O)N1CCN(C(=O)OCC)CC1. The van der Waals surface area contributed by atoms with Gasteiger partial charge in [0.25, 0.3) is 0 Å². The molecule has 1 fully saturated rings. The van der Waals surface area contributed by atoms with E-state index in [-0.39, 0.29) is 24.3 Å². The molecule has 0 aromatic carbocycles. The molecule has 0 aromatic rings. The van der Waals surface area contributed by atoms with Gasteiger partial charge in [-0.25, -0.2) is 17.9 Å². The largest absolute Gasteiger partial charge is 0.450 e. The molecule has 0 saturated carbocycles. The number of rotatable bonds is 7. The first-order chi connectivity index (χ1) is 10.4. The molecule has 1 rings (SSSR count). The number of piperazine rings is 1. The summed E-state index contributed by atoms with van der Waals surface area (Å²) in [5.74, 6) is -0.239. The minimum absolute atomic E-state index is 0.0351. The van der Waals surface area contributed by atoms with Gasteiger partial charge >= 0.3 is 6.09 Å². The average Bonchev–Trinajstić information content (AvgIpc) is 2.51. The first-order valence-corrected chi connectivity index (χ1v) is 9.21. The minimum atomic E-state index is -3.39. The van der Waals surface area contributed by atoms with E-state index in [1.54, 1.807) is 16.7 Å². The first-order valence-electron chi connectivity index (χ1n) is 7.56. The maximum atomic E-state index is 12.0. The van der Waals surface area contributed by atoms with Crippen molar-refractivity contribution in [3.8, 4) is 0 Å². The second kappa shape index (κ2) is 8.94. The van der Waals surface area contributed by atoms with Gasteiger partial charge in [0.2, 0.25) is 15.9 Å². The Balaban J connectivity index is 2.35. The molecule has 1 N–H and O–H groups in total. The van der Waals surface area contributed by atoms with Crippen molar-refractivity contribution in [3.05, 3.63) is 0 Å². The highest BCUT2D eigenvalue weighted by atomic mass is 32.2. The van der Waals surface area contributed by atoms with Crippen LogP contribution in [0, 0.1) is 0 Å². The fourth-order valence-electron chi connectivity index (χ4n) is 2.04. The van der Waals surface area contributed by atoms with Crippen LogP contribution in [0.15, 0.2) is 0 Å². The zero-order valence-corrected chi connectivity index (χ0v) is 14.0. The van der Waals surface area contributed by atoms with Crippen molar-refractivity contribution in [2.45, 2.75) is 26.7 Å². The van der Waals surface area contributed by atoms with Crippen LogP contribution in [0.25, 0.3) is 0 Å². The van der Waals surface area contributed by atoms with Gasteiger partial charge in [0.1, 0.15) is 0 Å². The number of sulfonamides is 1. The van der Waals surface area contributed by atoms with Crippen LogP contribution in [0.5, 0.6) is 0 Å². The lowest BCUT2D eigenvalue weighted by atomic mass is 10.3. The Bertz CT molecular complexity index is 472. The van der Waals surface area contributed by atoms with Crippen molar-refractivity contribution < 1.29 is 22.7 Å². The molecule has 1 saturated heterocycles. The molecule has 1 aliphatic rings. The highest BCUT2D eigenvalue weighted by Crippen LogP contribution is 2.04. The Morgan fingerprint density at radius 2 is 1.68 bits per heavy atom. The second-order valence-corrected chi connectivity index (χ2v) is 6.99. The molecule has 0 atom stereocenters. The lowest BCUT2D eigenvalue weighted by Gasteiger charge is -2.34. The van der Waals surface area contributed by atoms with Gasteiger partial charge in [-0.3, -0.25) is 4.79 Å². The van der Waals surface area contributed by atoms with Gasteiger partial charge in [0, 0.05) is 26.2 Å². The molecular formula is C13H25N3O5S. The summed E-state index contributed by atoms with van der Waals surface area (Å²) in [7, 11) is -3.39. The summed E-state index contributed by atoms with van der Waals surface area (Å²) in [5, 5.41) is 0. The van der Waals surface area contributed by atoms with Crippen LogP contribution in [-0.4, -0.2) is 75.3 Å². The van der Waals surface area contributed by atoms with Crippen LogP contribution in [0.2, 0.25) is 0 Å². The molecule has 0 unspecified atom stereocenters. The molecule has 0 aromatic heterocycles. The Morgan fingerprint density at radius 1 is 1.09 bits per heavy atom. The standard InChI is InChI=1S/C13H25N3O5S/c1-3-5-10-22(19,20)14-11-12(17)15-6-8-16(9-7-15)13(18)21-4-2/h14H,3-11H2,1-2H3. The third kappa shape index (κ3) is 6.18. The smallest absolute Gasteiger partial charge is 0.409 e. The molecular weight excluding hydrogens is 310 g/mol. The van der Waals surface area contributed by atoms with Crippen LogP contribution < -0.4 is 4.72 Å². The summed E-state index contributed by atoms with van der Waals surface area (Å²) in [6, 6.07) is 0. The molecule has 9 heteroatoms. The molecule has 22 heavy (non-hydrogen) atoms. The van der Waals surface area contributed by atoms with E-state index in [1.165, 1.54) is 0 Å². The molecule has 1 heterocycles. The van der Waals surface area contributed by atoms with Crippen molar-refractivity contribution in [1.82, 2.24) is 14.5 Å².